The van der Waals surface area contributed by atoms with Crippen LogP contribution in [0.5, 0.6) is 11.5 Å². The second-order valence-corrected chi connectivity index (χ2v) is 9.01. The molecule has 3 unspecified atom stereocenters. The molecule has 9 heteroatoms. The Morgan fingerprint density at radius 3 is 2.39 bits per heavy atom. The molecule has 0 spiro atoms. The Kier molecular flexibility index (Phi) is 11.5. The molecular weight excluding hydrogens is 533 g/mol. The van der Waals surface area contributed by atoms with E-state index in [1.54, 1.807) is 14.2 Å². The summed E-state index contributed by atoms with van der Waals surface area (Å²) in [6.07, 6.45) is 0. The van der Waals surface area contributed by atoms with Crippen molar-refractivity contribution in [1.29, 1.82) is 0 Å². The van der Waals surface area contributed by atoms with Gasteiger partial charge in [-0.1, -0.05) is 13.0 Å². The maximum absolute atomic E-state index is 5.60. The predicted molar refractivity (Wildman–Crippen MR) is 144 cm³/mol. The minimum atomic E-state index is 0. The molecule has 3 atom stereocenters. The van der Waals surface area contributed by atoms with Crippen LogP contribution >= 0.6 is 24.0 Å². The van der Waals surface area contributed by atoms with Gasteiger partial charge < -0.3 is 24.8 Å². The van der Waals surface area contributed by atoms with Crippen molar-refractivity contribution in [1.82, 2.24) is 20.4 Å². The Balaban J connectivity index is 0.00000385. The number of nitrogens with zero attached hydrogens (tertiary/aromatic N) is 3. The molecule has 0 aromatic heterocycles. The van der Waals surface area contributed by atoms with Gasteiger partial charge in [-0.15, -0.1) is 24.0 Å². The monoisotopic (exact) mass is 575 g/mol. The van der Waals surface area contributed by atoms with Gasteiger partial charge in [0.05, 0.1) is 33.5 Å². The van der Waals surface area contributed by atoms with Gasteiger partial charge in [-0.25, -0.2) is 0 Å². The number of nitrogens with one attached hydrogen (secondary N) is 2. The van der Waals surface area contributed by atoms with Crippen LogP contribution in [0.4, 0.5) is 0 Å². The van der Waals surface area contributed by atoms with E-state index in [0.29, 0.717) is 18.0 Å². The number of aliphatic imine (C=N–C) groups is 1. The summed E-state index contributed by atoms with van der Waals surface area (Å²) in [6, 6.07) is 7.32. The lowest BCUT2D eigenvalue weighted by molar-refractivity contribution is 0.0169. The summed E-state index contributed by atoms with van der Waals surface area (Å²) in [6.45, 7) is 13.0. The fraction of sp³-hybridized carbons (Fsp3) is 0.708. The summed E-state index contributed by atoms with van der Waals surface area (Å²) < 4.78 is 16.6. The zero-order chi connectivity index (χ0) is 23.1. The molecular formula is C24H42IN5O3. The van der Waals surface area contributed by atoms with E-state index >= 15 is 0 Å². The van der Waals surface area contributed by atoms with Crippen molar-refractivity contribution in [3.63, 3.8) is 0 Å². The van der Waals surface area contributed by atoms with Gasteiger partial charge in [0.1, 0.15) is 0 Å². The van der Waals surface area contributed by atoms with Crippen LogP contribution < -0.4 is 20.1 Å². The normalized spacial score (nSPS) is 23.2. The summed E-state index contributed by atoms with van der Waals surface area (Å²) in [5, 5.41) is 7.25. The molecule has 188 valence electrons. The minimum absolute atomic E-state index is 0. The van der Waals surface area contributed by atoms with E-state index in [1.807, 2.05) is 13.1 Å². The number of hydrogen-bond donors (Lipinski definition) is 2. The van der Waals surface area contributed by atoms with E-state index in [2.05, 4.69) is 58.3 Å². The first kappa shape index (κ1) is 27.9. The first-order valence-electron chi connectivity index (χ1n) is 11.7. The highest BCUT2D eigenvalue weighted by Crippen LogP contribution is 2.32. The summed E-state index contributed by atoms with van der Waals surface area (Å²) in [7, 11) is 5.19. The van der Waals surface area contributed by atoms with Gasteiger partial charge in [0.2, 0.25) is 0 Å². The van der Waals surface area contributed by atoms with Crippen LogP contribution in [0.2, 0.25) is 0 Å². The molecule has 1 aromatic carbocycles. The van der Waals surface area contributed by atoms with Gasteiger partial charge in [0, 0.05) is 51.9 Å². The van der Waals surface area contributed by atoms with Crippen molar-refractivity contribution in [3.05, 3.63) is 23.8 Å². The number of benzene rings is 1. The van der Waals surface area contributed by atoms with Crippen LogP contribution in [0, 0.1) is 5.92 Å². The van der Waals surface area contributed by atoms with E-state index in [-0.39, 0.29) is 30.0 Å². The Hall–Kier alpha value is -1.30. The molecule has 2 aliphatic heterocycles. The van der Waals surface area contributed by atoms with Crippen molar-refractivity contribution in [3.8, 4) is 11.5 Å². The minimum Gasteiger partial charge on any atom is -0.493 e. The third-order valence-corrected chi connectivity index (χ3v) is 6.66. The molecule has 2 fully saturated rings. The molecule has 2 saturated heterocycles. The highest BCUT2D eigenvalue weighted by molar-refractivity contribution is 14.0. The number of morpholine rings is 1. The molecule has 2 heterocycles. The molecule has 0 radical (unpaired) electrons. The van der Waals surface area contributed by atoms with Gasteiger partial charge in [-0.05, 0) is 37.5 Å². The fourth-order valence-corrected chi connectivity index (χ4v) is 4.58. The van der Waals surface area contributed by atoms with Crippen molar-refractivity contribution < 1.29 is 14.2 Å². The van der Waals surface area contributed by atoms with Crippen LogP contribution in [-0.4, -0.2) is 95.0 Å². The zero-order valence-corrected chi connectivity index (χ0v) is 23.3. The summed E-state index contributed by atoms with van der Waals surface area (Å²) in [5.41, 5.74) is 1.19. The SMILES string of the molecule is CN=C(NCC(c1ccc(OC)c(OC)c1)N1CCOCC1)NC1CN(C(C)C)CC1C.I. The summed E-state index contributed by atoms with van der Waals surface area (Å²) in [5.74, 6) is 2.93. The molecule has 0 aliphatic carbocycles. The lowest BCUT2D eigenvalue weighted by atomic mass is 10.0. The number of halogens is 1. The van der Waals surface area contributed by atoms with Gasteiger partial charge in [-0.3, -0.25) is 14.8 Å². The molecule has 0 amide bonds. The average Bonchev–Trinajstić information content (AvgIpc) is 3.19. The Bertz CT molecular complexity index is 758. The van der Waals surface area contributed by atoms with Crippen LogP contribution in [0.1, 0.15) is 32.4 Å². The summed E-state index contributed by atoms with van der Waals surface area (Å²) in [4.78, 5) is 9.50. The molecule has 1 aromatic rings. The van der Waals surface area contributed by atoms with Crippen LogP contribution in [-0.2, 0) is 4.74 Å². The number of ether oxygens (including phenoxy) is 3. The third-order valence-electron chi connectivity index (χ3n) is 6.66. The Labute approximate surface area is 216 Å². The molecule has 0 saturated carbocycles. The predicted octanol–water partition coefficient (Wildman–Crippen LogP) is 2.59. The van der Waals surface area contributed by atoms with Crippen LogP contribution in [0.3, 0.4) is 0 Å². The van der Waals surface area contributed by atoms with Crippen LogP contribution in [0.15, 0.2) is 23.2 Å². The van der Waals surface area contributed by atoms with E-state index in [4.69, 9.17) is 14.2 Å². The second kappa shape index (κ2) is 13.6. The average molecular weight is 576 g/mol. The topological polar surface area (TPSA) is 70.6 Å². The van der Waals surface area contributed by atoms with Gasteiger partial charge in [-0.2, -0.15) is 0 Å². The Morgan fingerprint density at radius 1 is 1.12 bits per heavy atom. The van der Waals surface area contributed by atoms with Crippen molar-refractivity contribution in [2.24, 2.45) is 10.9 Å². The van der Waals surface area contributed by atoms with Gasteiger partial charge in [0.25, 0.3) is 0 Å². The molecule has 0 bridgehead atoms. The largest absolute Gasteiger partial charge is 0.493 e. The molecule has 3 rings (SSSR count). The lowest BCUT2D eigenvalue weighted by Crippen LogP contribution is -2.50. The van der Waals surface area contributed by atoms with Gasteiger partial charge >= 0.3 is 0 Å². The molecule has 2 aliphatic rings. The maximum atomic E-state index is 5.60. The van der Waals surface area contributed by atoms with E-state index in [1.165, 1.54) is 5.56 Å². The van der Waals surface area contributed by atoms with Crippen molar-refractivity contribution in [2.75, 3.05) is 67.2 Å². The standard InChI is InChI=1S/C24H41N5O3.HI/c1-17(2)29-15-18(3)20(16-29)27-24(25-4)26-14-21(28-9-11-32-12-10-28)19-7-8-22(30-5)23(13-19)31-6;/h7-8,13,17-18,20-21H,9-12,14-16H2,1-6H3,(H2,25,26,27);1H. The first-order valence-corrected chi connectivity index (χ1v) is 11.7. The zero-order valence-electron chi connectivity index (χ0n) is 21.0. The molecule has 8 nitrogen and oxygen atoms in total. The second-order valence-electron chi connectivity index (χ2n) is 9.01. The summed E-state index contributed by atoms with van der Waals surface area (Å²) >= 11 is 0. The maximum Gasteiger partial charge on any atom is 0.191 e. The number of likely N-dealkylation sites (tertiary alicyclic amines) is 1. The number of guanidine groups is 1. The highest BCUT2D eigenvalue weighted by atomic mass is 127. The number of methoxy groups -OCH3 is 2. The van der Waals surface area contributed by atoms with Crippen molar-refractivity contribution in [2.45, 2.75) is 38.9 Å². The smallest absolute Gasteiger partial charge is 0.191 e. The first-order chi connectivity index (χ1) is 15.5. The molecule has 33 heavy (non-hydrogen) atoms. The van der Waals surface area contributed by atoms with E-state index < -0.39 is 0 Å². The van der Waals surface area contributed by atoms with Crippen molar-refractivity contribution >= 4 is 29.9 Å². The van der Waals surface area contributed by atoms with Crippen LogP contribution in [0.25, 0.3) is 0 Å². The van der Waals surface area contributed by atoms with E-state index in [9.17, 15) is 0 Å². The lowest BCUT2D eigenvalue weighted by Gasteiger charge is -2.35. The quantitative estimate of drug-likeness (QED) is 0.281. The van der Waals surface area contributed by atoms with Gasteiger partial charge in [0.15, 0.2) is 17.5 Å². The van der Waals surface area contributed by atoms with E-state index in [0.717, 1.165) is 63.4 Å². The fourth-order valence-electron chi connectivity index (χ4n) is 4.58. The number of hydrogen-bond acceptors (Lipinski definition) is 6. The number of rotatable bonds is 8. The molecule has 2 N–H and O–H groups in total. The Morgan fingerprint density at radius 2 is 1.82 bits per heavy atom. The highest BCUT2D eigenvalue weighted by Gasteiger charge is 2.31. The third kappa shape index (κ3) is 7.34.